The van der Waals surface area contributed by atoms with Gasteiger partial charge in [-0.25, -0.2) is 0 Å². The van der Waals surface area contributed by atoms with E-state index >= 15 is 0 Å². The Hall–Kier alpha value is -0.560. The molecule has 0 unspecified atom stereocenters. The Morgan fingerprint density at radius 1 is 1.23 bits per heavy atom. The smallest absolute Gasteiger partial charge is 0.0234 e. The molecule has 2 aliphatic rings. The Morgan fingerprint density at radius 3 is 2.69 bits per heavy atom. The zero-order valence-corrected chi connectivity index (χ0v) is 8.93. The molecule has 0 atom stereocenters. The molecule has 0 saturated heterocycles. The SMILES string of the molecule is CC(C)C1=CC2=C(CC1)CN(C)C2. The monoisotopic (exact) mass is 177 g/mol. The summed E-state index contributed by atoms with van der Waals surface area (Å²) < 4.78 is 0. The van der Waals surface area contributed by atoms with Gasteiger partial charge in [0.1, 0.15) is 0 Å². The van der Waals surface area contributed by atoms with E-state index in [1.54, 1.807) is 16.7 Å². The van der Waals surface area contributed by atoms with Gasteiger partial charge in [0.2, 0.25) is 0 Å². The number of rotatable bonds is 1. The van der Waals surface area contributed by atoms with Crippen LogP contribution in [0.1, 0.15) is 26.7 Å². The maximum absolute atomic E-state index is 2.45. The summed E-state index contributed by atoms with van der Waals surface area (Å²) in [7, 11) is 2.21. The lowest BCUT2D eigenvalue weighted by Crippen LogP contribution is -2.14. The standard InChI is InChI=1S/C12H19N/c1-9(2)10-4-5-11-7-13(3)8-12(11)6-10/h6,9H,4-5,7-8H2,1-3H3. The molecular weight excluding hydrogens is 158 g/mol. The summed E-state index contributed by atoms with van der Waals surface area (Å²) in [6.45, 7) is 6.98. The maximum Gasteiger partial charge on any atom is 0.0234 e. The predicted molar refractivity (Wildman–Crippen MR) is 56.7 cm³/mol. The van der Waals surface area contributed by atoms with Crippen LogP contribution in [0.4, 0.5) is 0 Å². The van der Waals surface area contributed by atoms with Crippen molar-refractivity contribution in [2.45, 2.75) is 26.7 Å². The minimum absolute atomic E-state index is 0.736. The summed E-state index contributed by atoms with van der Waals surface area (Å²) in [5.74, 6) is 0.736. The second-order valence-corrected chi connectivity index (χ2v) is 4.68. The van der Waals surface area contributed by atoms with E-state index in [2.05, 4.69) is 31.9 Å². The highest BCUT2D eigenvalue weighted by Crippen LogP contribution is 2.31. The zero-order chi connectivity index (χ0) is 9.42. The summed E-state index contributed by atoms with van der Waals surface area (Å²) in [4.78, 5) is 2.41. The highest BCUT2D eigenvalue weighted by molar-refractivity contribution is 5.38. The molecular formula is C12H19N. The topological polar surface area (TPSA) is 3.24 Å². The average molecular weight is 177 g/mol. The van der Waals surface area contributed by atoms with Crippen molar-refractivity contribution in [2.75, 3.05) is 20.1 Å². The molecule has 0 aromatic carbocycles. The van der Waals surface area contributed by atoms with Crippen molar-refractivity contribution in [3.8, 4) is 0 Å². The minimum Gasteiger partial charge on any atom is -0.298 e. The van der Waals surface area contributed by atoms with Crippen LogP contribution in [0.2, 0.25) is 0 Å². The van der Waals surface area contributed by atoms with Crippen LogP contribution in [0.5, 0.6) is 0 Å². The molecule has 2 rings (SSSR count). The van der Waals surface area contributed by atoms with Gasteiger partial charge in [0.05, 0.1) is 0 Å². The second kappa shape index (κ2) is 3.30. The molecule has 0 saturated carbocycles. The van der Waals surface area contributed by atoms with Crippen molar-refractivity contribution in [3.63, 3.8) is 0 Å². The van der Waals surface area contributed by atoms with Gasteiger partial charge in [-0.15, -0.1) is 0 Å². The van der Waals surface area contributed by atoms with Crippen molar-refractivity contribution >= 4 is 0 Å². The molecule has 0 aromatic rings. The van der Waals surface area contributed by atoms with E-state index in [4.69, 9.17) is 0 Å². The van der Waals surface area contributed by atoms with Crippen molar-refractivity contribution in [3.05, 3.63) is 22.8 Å². The van der Waals surface area contributed by atoms with E-state index in [1.807, 2.05) is 0 Å². The van der Waals surface area contributed by atoms with Gasteiger partial charge in [-0.2, -0.15) is 0 Å². The van der Waals surface area contributed by atoms with Gasteiger partial charge in [-0.3, -0.25) is 4.90 Å². The molecule has 0 bridgehead atoms. The molecule has 0 aromatic heterocycles. The van der Waals surface area contributed by atoms with Crippen molar-refractivity contribution in [1.82, 2.24) is 4.90 Å². The lowest BCUT2D eigenvalue weighted by atomic mass is 9.88. The quantitative estimate of drug-likeness (QED) is 0.595. The fourth-order valence-electron chi connectivity index (χ4n) is 2.32. The number of hydrogen-bond acceptors (Lipinski definition) is 1. The van der Waals surface area contributed by atoms with E-state index in [9.17, 15) is 0 Å². The molecule has 72 valence electrons. The van der Waals surface area contributed by atoms with Crippen LogP contribution in [0, 0.1) is 5.92 Å². The number of nitrogens with zero attached hydrogens (tertiary/aromatic N) is 1. The maximum atomic E-state index is 2.45. The fraction of sp³-hybridized carbons (Fsp3) is 0.667. The normalized spacial score (nSPS) is 23.8. The molecule has 1 heteroatoms. The Morgan fingerprint density at radius 2 is 2.00 bits per heavy atom. The number of allylic oxidation sites excluding steroid dienone is 1. The van der Waals surface area contributed by atoms with Gasteiger partial charge < -0.3 is 0 Å². The van der Waals surface area contributed by atoms with Gasteiger partial charge >= 0.3 is 0 Å². The minimum atomic E-state index is 0.736. The first kappa shape index (κ1) is 9.01. The van der Waals surface area contributed by atoms with Crippen LogP contribution in [0.25, 0.3) is 0 Å². The third-order valence-electron chi connectivity index (χ3n) is 3.17. The van der Waals surface area contributed by atoms with Gasteiger partial charge in [0, 0.05) is 13.1 Å². The summed E-state index contributed by atoms with van der Waals surface area (Å²) >= 11 is 0. The molecule has 1 heterocycles. The highest BCUT2D eigenvalue weighted by Gasteiger charge is 2.21. The lowest BCUT2D eigenvalue weighted by Gasteiger charge is -2.17. The Labute approximate surface area is 81.1 Å². The van der Waals surface area contributed by atoms with Crippen LogP contribution in [-0.4, -0.2) is 25.0 Å². The first-order valence-electron chi connectivity index (χ1n) is 5.26. The van der Waals surface area contributed by atoms with Gasteiger partial charge in [-0.1, -0.05) is 31.1 Å². The average Bonchev–Trinajstić information content (AvgIpc) is 2.42. The van der Waals surface area contributed by atoms with Crippen molar-refractivity contribution in [1.29, 1.82) is 0 Å². The lowest BCUT2D eigenvalue weighted by molar-refractivity contribution is 0.424. The van der Waals surface area contributed by atoms with Gasteiger partial charge in [-0.05, 0) is 31.4 Å². The predicted octanol–water partition coefficient (Wildman–Crippen LogP) is 2.60. The first-order chi connectivity index (χ1) is 6.16. The molecule has 0 spiro atoms. The van der Waals surface area contributed by atoms with Crippen LogP contribution >= 0.6 is 0 Å². The summed E-state index contributed by atoms with van der Waals surface area (Å²) in [6, 6.07) is 0. The molecule has 1 aliphatic carbocycles. The van der Waals surface area contributed by atoms with Gasteiger partial charge in [0.15, 0.2) is 0 Å². The number of likely N-dealkylation sites (N-methyl/N-ethyl adjacent to an activating group) is 1. The zero-order valence-electron chi connectivity index (χ0n) is 8.93. The third-order valence-corrected chi connectivity index (χ3v) is 3.17. The summed E-state index contributed by atoms with van der Waals surface area (Å²) in [5.41, 5.74) is 4.94. The summed E-state index contributed by atoms with van der Waals surface area (Å²) in [6.07, 6.45) is 5.06. The molecule has 13 heavy (non-hydrogen) atoms. The van der Waals surface area contributed by atoms with Crippen LogP contribution in [0.15, 0.2) is 22.8 Å². The van der Waals surface area contributed by atoms with Crippen LogP contribution < -0.4 is 0 Å². The molecule has 1 nitrogen and oxygen atoms in total. The second-order valence-electron chi connectivity index (χ2n) is 4.68. The Kier molecular flexibility index (Phi) is 2.29. The molecule has 0 radical (unpaired) electrons. The Bertz CT molecular complexity index is 271. The van der Waals surface area contributed by atoms with E-state index in [0.29, 0.717) is 0 Å². The van der Waals surface area contributed by atoms with E-state index in [0.717, 1.165) is 5.92 Å². The van der Waals surface area contributed by atoms with E-state index in [-0.39, 0.29) is 0 Å². The van der Waals surface area contributed by atoms with E-state index < -0.39 is 0 Å². The largest absolute Gasteiger partial charge is 0.298 e. The number of hydrogen-bond donors (Lipinski definition) is 0. The van der Waals surface area contributed by atoms with Crippen LogP contribution in [0.3, 0.4) is 0 Å². The first-order valence-corrected chi connectivity index (χ1v) is 5.26. The molecule has 0 fully saturated rings. The van der Waals surface area contributed by atoms with Crippen LogP contribution in [-0.2, 0) is 0 Å². The van der Waals surface area contributed by atoms with Crippen molar-refractivity contribution < 1.29 is 0 Å². The van der Waals surface area contributed by atoms with Crippen molar-refractivity contribution in [2.24, 2.45) is 5.92 Å². The molecule has 0 N–H and O–H groups in total. The summed E-state index contributed by atoms with van der Waals surface area (Å²) in [5, 5.41) is 0. The molecule has 0 amide bonds. The molecule has 1 aliphatic heterocycles. The fourth-order valence-corrected chi connectivity index (χ4v) is 2.32. The third kappa shape index (κ3) is 1.71. The van der Waals surface area contributed by atoms with Gasteiger partial charge in [0.25, 0.3) is 0 Å². The highest BCUT2D eigenvalue weighted by atomic mass is 15.1. The van der Waals surface area contributed by atoms with E-state index in [1.165, 1.54) is 25.9 Å². The Balaban J connectivity index is 2.18.